The van der Waals surface area contributed by atoms with Gasteiger partial charge in [0, 0.05) is 11.8 Å². The van der Waals surface area contributed by atoms with Crippen LogP contribution >= 0.6 is 0 Å². The number of aliphatic hydroxyl groups excluding tert-OH is 1. The predicted molar refractivity (Wildman–Crippen MR) is 131 cm³/mol. The van der Waals surface area contributed by atoms with Crippen molar-refractivity contribution >= 4 is 8.32 Å². The molecular formula is C27H46O4Si. The van der Waals surface area contributed by atoms with Gasteiger partial charge >= 0.3 is 0 Å². The maximum atomic E-state index is 11.0. The van der Waals surface area contributed by atoms with Gasteiger partial charge in [-0.15, -0.1) is 0 Å². The second kappa shape index (κ2) is 9.00. The maximum Gasteiger partial charge on any atom is 0.193 e. The van der Waals surface area contributed by atoms with E-state index in [9.17, 15) is 5.11 Å². The Bertz CT molecular complexity index is 720. The van der Waals surface area contributed by atoms with Gasteiger partial charge in [0.1, 0.15) is 6.10 Å². The van der Waals surface area contributed by atoms with E-state index in [1.165, 1.54) is 32.1 Å². The van der Waals surface area contributed by atoms with E-state index in [0.717, 1.165) is 25.7 Å². The van der Waals surface area contributed by atoms with Crippen LogP contribution in [0.5, 0.6) is 0 Å². The van der Waals surface area contributed by atoms with Crippen molar-refractivity contribution in [2.45, 2.75) is 122 Å². The van der Waals surface area contributed by atoms with Crippen molar-refractivity contribution in [2.24, 2.45) is 23.2 Å². The lowest BCUT2D eigenvalue weighted by atomic mass is 9.45. The molecule has 1 spiro atoms. The predicted octanol–water partition coefficient (Wildman–Crippen LogP) is 5.89. The molecule has 4 nitrogen and oxygen atoms in total. The summed E-state index contributed by atoms with van der Waals surface area (Å²) in [6.45, 7) is 15.2. The molecule has 4 rings (SSSR count). The van der Waals surface area contributed by atoms with E-state index < -0.39 is 14.1 Å². The van der Waals surface area contributed by atoms with Crippen LogP contribution in [-0.2, 0) is 13.9 Å². The summed E-state index contributed by atoms with van der Waals surface area (Å²) in [5.41, 5.74) is 0.00268. The van der Waals surface area contributed by atoms with E-state index in [1.807, 2.05) is 0 Å². The molecule has 0 aromatic rings. The molecule has 4 fully saturated rings. The summed E-state index contributed by atoms with van der Waals surface area (Å²) in [7, 11) is -1.93. The summed E-state index contributed by atoms with van der Waals surface area (Å²) in [6.07, 6.45) is 9.63. The lowest BCUT2D eigenvalue weighted by Crippen LogP contribution is -2.68. The van der Waals surface area contributed by atoms with Crippen LogP contribution in [0, 0.1) is 35.0 Å². The summed E-state index contributed by atoms with van der Waals surface area (Å²) in [6, 6.07) is 0. The van der Waals surface area contributed by atoms with Gasteiger partial charge in [0.05, 0.1) is 25.2 Å². The molecule has 5 heteroatoms. The van der Waals surface area contributed by atoms with Crippen LogP contribution in [0.3, 0.4) is 0 Å². The van der Waals surface area contributed by atoms with Gasteiger partial charge in [-0.3, -0.25) is 0 Å². The average molecular weight is 463 g/mol. The van der Waals surface area contributed by atoms with Crippen LogP contribution in [0.15, 0.2) is 0 Å². The molecular weight excluding hydrogens is 416 g/mol. The zero-order chi connectivity index (χ0) is 23.2. The largest absolute Gasteiger partial charge is 0.403 e. The highest BCUT2D eigenvalue weighted by Gasteiger charge is 2.71. The minimum absolute atomic E-state index is 0.00268. The molecule has 3 saturated carbocycles. The smallest absolute Gasteiger partial charge is 0.193 e. The molecule has 1 heterocycles. The van der Waals surface area contributed by atoms with Gasteiger partial charge < -0.3 is 19.0 Å². The fourth-order valence-electron chi connectivity index (χ4n) is 6.66. The maximum absolute atomic E-state index is 11.0. The zero-order valence-electron chi connectivity index (χ0n) is 21.3. The minimum Gasteiger partial charge on any atom is -0.403 e. The van der Waals surface area contributed by atoms with Crippen molar-refractivity contribution in [3.05, 3.63) is 0 Å². The summed E-state index contributed by atoms with van der Waals surface area (Å²) in [5.74, 6) is 7.72. The van der Waals surface area contributed by atoms with Crippen molar-refractivity contribution in [3.8, 4) is 11.8 Å². The van der Waals surface area contributed by atoms with Gasteiger partial charge in [-0.05, 0) is 62.1 Å². The number of rotatable bonds is 4. The molecule has 0 aromatic carbocycles. The summed E-state index contributed by atoms with van der Waals surface area (Å²) in [5, 5.41) is 11.2. The molecule has 1 N–H and O–H groups in total. The highest BCUT2D eigenvalue weighted by atomic mass is 28.4. The van der Waals surface area contributed by atoms with Crippen LogP contribution < -0.4 is 0 Å². The molecule has 182 valence electrons. The van der Waals surface area contributed by atoms with Crippen LogP contribution in [0.1, 0.15) is 85.5 Å². The zero-order valence-corrected chi connectivity index (χ0v) is 22.3. The van der Waals surface area contributed by atoms with Crippen LogP contribution in [0.25, 0.3) is 0 Å². The second-order valence-corrected chi connectivity index (χ2v) is 17.1. The number of hydrogen-bond acceptors (Lipinski definition) is 4. The Morgan fingerprint density at radius 3 is 2.34 bits per heavy atom. The van der Waals surface area contributed by atoms with Gasteiger partial charge in [0.2, 0.25) is 0 Å². The number of fused-ring (bicyclic) bond motifs is 2. The van der Waals surface area contributed by atoms with Crippen LogP contribution in [0.4, 0.5) is 0 Å². The topological polar surface area (TPSA) is 47.9 Å². The second-order valence-electron chi connectivity index (χ2n) is 12.4. The number of ether oxygens (including phenoxy) is 2. The van der Waals surface area contributed by atoms with Gasteiger partial charge in [-0.1, -0.05) is 58.8 Å². The molecule has 0 aromatic heterocycles. The molecule has 4 aliphatic rings. The van der Waals surface area contributed by atoms with Gasteiger partial charge in [-0.25, -0.2) is 0 Å². The standard InChI is InChI=1S/C27H46O4Si/c1-7-26-16-15-23(28)21(22(26)19-27(26)29-17-18-30-27)13-14-24(20-11-9-8-10-12-20)31-32(5,6)25(2,3)4/h20-24,28H,7-12,15-19H2,1-6H3/t21-,22-,23-,24+,26+/m0/s1. The Morgan fingerprint density at radius 1 is 1.09 bits per heavy atom. The average Bonchev–Trinajstić information content (AvgIpc) is 3.24. The highest BCUT2D eigenvalue weighted by Crippen LogP contribution is 2.67. The summed E-state index contributed by atoms with van der Waals surface area (Å²) >= 11 is 0. The van der Waals surface area contributed by atoms with E-state index in [1.54, 1.807) is 0 Å². The molecule has 1 saturated heterocycles. The van der Waals surface area contributed by atoms with E-state index in [-0.39, 0.29) is 28.6 Å². The molecule has 3 aliphatic carbocycles. The van der Waals surface area contributed by atoms with E-state index in [0.29, 0.717) is 25.0 Å². The van der Waals surface area contributed by atoms with Gasteiger partial charge in [-0.2, -0.15) is 0 Å². The Kier molecular flexibility index (Phi) is 6.96. The monoisotopic (exact) mass is 462 g/mol. The fourth-order valence-corrected chi connectivity index (χ4v) is 7.90. The Morgan fingerprint density at radius 2 is 1.75 bits per heavy atom. The van der Waals surface area contributed by atoms with Gasteiger partial charge in [0.25, 0.3) is 0 Å². The first-order valence-electron chi connectivity index (χ1n) is 13.2. The van der Waals surface area contributed by atoms with E-state index in [2.05, 4.69) is 52.6 Å². The molecule has 32 heavy (non-hydrogen) atoms. The van der Waals surface area contributed by atoms with Crippen molar-refractivity contribution in [2.75, 3.05) is 13.2 Å². The number of hydrogen-bond donors (Lipinski definition) is 1. The van der Waals surface area contributed by atoms with Crippen molar-refractivity contribution in [1.82, 2.24) is 0 Å². The molecule has 1 aliphatic heterocycles. The van der Waals surface area contributed by atoms with Crippen molar-refractivity contribution in [1.29, 1.82) is 0 Å². The SMILES string of the molecule is CC[C@@]12CC[C@H](O)[C@@H](C#C[C@@H](O[Si](C)(C)C(C)(C)C)C3CCCCC3)[C@@H]1CC21OCCO1. The molecule has 0 radical (unpaired) electrons. The molecule has 5 atom stereocenters. The van der Waals surface area contributed by atoms with Crippen LogP contribution in [-0.4, -0.2) is 44.6 Å². The van der Waals surface area contributed by atoms with E-state index >= 15 is 0 Å². The van der Waals surface area contributed by atoms with E-state index in [4.69, 9.17) is 13.9 Å². The summed E-state index contributed by atoms with van der Waals surface area (Å²) in [4.78, 5) is 0. The molecule has 0 unspecified atom stereocenters. The summed E-state index contributed by atoms with van der Waals surface area (Å²) < 4.78 is 19.3. The first-order valence-corrected chi connectivity index (χ1v) is 16.1. The van der Waals surface area contributed by atoms with Crippen molar-refractivity contribution in [3.63, 3.8) is 0 Å². The molecule has 0 amide bonds. The fraction of sp³-hybridized carbons (Fsp3) is 0.926. The normalized spacial score (nSPS) is 36.2. The Hall–Kier alpha value is -0.383. The third kappa shape index (κ3) is 4.13. The lowest BCUT2D eigenvalue weighted by molar-refractivity contribution is -0.351. The minimum atomic E-state index is -1.93. The first kappa shape index (κ1) is 24.7. The quantitative estimate of drug-likeness (QED) is 0.418. The third-order valence-corrected chi connectivity index (χ3v) is 14.2. The van der Waals surface area contributed by atoms with Gasteiger partial charge in [0.15, 0.2) is 14.1 Å². The van der Waals surface area contributed by atoms with Crippen LogP contribution in [0.2, 0.25) is 18.1 Å². The first-order chi connectivity index (χ1) is 15.1. The van der Waals surface area contributed by atoms with Crippen molar-refractivity contribution < 1.29 is 19.0 Å². The number of aliphatic hydroxyl groups is 1. The third-order valence-electron chi connectivity index (χ3n) is 9.77. The Labute approximate surface area is 197 Å². The highest BCUT2D eigenvalue weighted by molar-refractivity contribution is 6.74. The lowest BCUT2D eigenvalue weighted by Gasteiger charge is -2.65. The Balaban J connectivity index is 1.58. The molecule has 0 bridgehead atoms.